The maximum Gasteiger partial charge on any atom is 0.237 e. The van der Waals surface area contributed by atoms with Crippen molar-refractivity contribution in [3.8, 4) is 0 Å². The summed E-state index contributed by atoms with van der Waals surface area (Å²) in [6, 6.07) is 2.46. The quantitative estimate of drug-likeness (QED) is 0.767. The number of carbonyl (C=O) groups is 1. The summed E-state index contributed by atoms with van der Waals surface area (Å²) in [7, 11) is 0. The van der Waals surface area contributed by atoms with Crippen molar-refractivity contribution in [2.24, 2.45) is 5.92 Å². The molecule has 2 unspecified atom stereocenters. The Labute approximate surface area is 122 Å². The van der Waals surface area contributed by atoms with Gasteiger partial charge >= 0.3 is 0 Å². The highest BCUT2D eigenvalue weighted by molar-refractivity contribution is 9.10. The van der Waals surface area contributed by atoms with Gasteiger partial charge in [-0.2, -0.15) is 0 Å². The average Bonchev–Trinajstić information content (AvgIpc) is 2.83. The fourth-order valence-corrected chi connectivity index (χ4v) is 3.74. The van der Waals surface area contributed by atoms with Gasteiger partial charge in [0.25, 0.3) is 0 Å². The highest BCUT2D eigenvalue weighted by atomic mass is 79.9. The molecule has 1 aliphatic heterocycles. The zero-order valence-electron chi connectivity index (χ0n) is 11.1. The van der Waals surface area contributed by atoms with E-state index in [0.29, 0.717) is 5.92 Å². The molecule has 2 nitrogen and oxygen atoms in total. The van der Waals surface area contributed by atoms with Crippen molar-refractivity contribution in [3.05, 3.63) is 21.9 Å². The van der Waals surface area contributed by atoms with E-state index >= 15 is 0 Å². The lowest BCUT2D eigenvalue weighted by Gasteiger charge is -2.37. The van der Waals surface area contributed by atoms with E-state index in [-0.39, 0.29) is 16.8 Å². The number of fused-ring (bicyclic) bond motifs is 1. The van der Waals surface area contributed by atoms with Crippen LogP contribution in [0.4, 0.5) is 0 Å². The predicted octanol–water partition coefficient (Wildman–Crippen LogP) is 4.00. The zero-order valence-corrected chi connectivity index (χ0v) is 13.6. The largest absolute Gasteiger partial charge is 0.334 e. The van der Waals surface area contributed by atoms with E-state index in [1.54, 1.807) is 0 Å². The second-order valence-corrected chi connectivity index (χ2v) is 7.14. The Bertz CT molecular complexity index is 429. The van der Waals surface area contributed by atoms with Crippen LogP contribution in [0.15, 0.2) is 11.4 Å². The molecule has 0 saturated heterocycles. The van der Waals surface area contributed by atoms with Crippen LogP contribution in [0.3, 0.4) is 0 Å². The summed E-state index contributed by atoms with van der Waals surface area (Å²) in [5.41, 5.74) is 1.37. The number of hydrogen-bond donors (Lipinski definition) is 0. The molecule has 0 aliphatic carbocycles. The highest BCUT2D eigenvalue weighted by Crippen LogP contribution is 2.36. The Hall–Kier alpha value is -0.350. The van der Waals surface area contributed by atoms with Gasteiger partial charge in [-0.05, 0) is 35.8 Å². The van der Waals surface area contributed by atoms with E-state index < -0.39 is 0 Å². The minimum Gasteiger partial charge on any atom is -0.334 e. The summed E-state index contributed by atoms with van der Waals surface area (Å²) >= 11 is 5.37. The molecule has 4 heteroatoms. The summed E-state index contributed by atoms with van der Waals surface area (Å²) in [6.45, 7) is 7.19. The first-order valence-corrected chi connectivity index (χ1v) is 8.36. The van der Waals surface area contributed by atoms with Crippen LogP contribution in [0.2, 0.25) is 0 Å². The lowest BCUT2D eigenvalue weighted by atomic mass is 9.96. The summed E-state index contributed by atoms with van der Waals surface area (Å²) < 4.78 is 0. The van der Waals surface area contributed by atoms with Gasteiger partial charge in [-0.25, -0.2) is 0 Å². The van der Waals surface area contributed by atoms with Crippen LogP contribution in [-0.4, -0.2) is 22.2 Å². The molecule has 1 aromatic heterocycles. The zero-order chi connectivity index (χ0) is 13.3. The van der Waals surface area contributed by atoms with E-state index in [2.05, 4.69) is 53.0 Å². The number of alkyl halides is 1. The van der Waals surface area contributed by atoms with Gasteiger partial charge in [0.1, 0.15) is 0 Å². The van der Waals surface area contributed by atoms with Crippen LogP contribution in [-0.2, 0) is 11.2 Å². The van der Waals surface area contributed by atoms with Gasteiger partial charge in [0.05, 0.1) is 10.9 Å². The maximum absolute atomic E-state index is 12.5. The van der Waals surface area contributed by atoms with Crippen LogP contribution in [0.1, 0.15) is 43.7 Å². The standard InChI is InChI=1S/C14H20BrNOS/c1-4-11-10-6-8-18-12(10)5-7-16(11)14(17)13(15)9(2)3/h6,8-9,11,13H,4-5,7H2,1-3H3. The Kier molecular flexibility index (Phi) is 4.49. The van der Waals surface area contributed by atoms with E-state index in [9.17, 15) is 4.79 Å². The van der Waals surface area contributed by atoms with Gasteiger partial charge in [-0.15, -0.1) is 11.3 Å². The van der Waals surface area contributed by atoms with E-state index in [4.69, 9.17) is 0 Å². The third kappa shape index (κ3) is 2.50. The molecule has 0 N–H and O–H groups in total. The third-order valence-corrected chi connectivity index (χ3v) is 6.03. The molecule has 0 spiro atoms. The van der Waals surface area contributed by atoms with Crippen LogP contribution < -0.4 is 0 Å². The molecular weight excluding hydrogens is 310 g/mol. The molecule has 1 aromatic rings. The topological polar surface area (TPSA) is 20.3 Å². The van der Waals surface area contributed by atoms with E-state index in [1.807, 2.05) is 11.3 Å². The lowest BCUT2D eigenvalue weighted by molar-refractivity contribution is -0.134. The Morgan fingerprint density at radius 1 is 1.61 bits per heavy atom. The summed E-state index contributed by atoms with van der Waals surface area (Å²) in [5, 5.41) is 2.15. The van der Waals surface area contributed by atoms with Crippen molar-refractivity contribution in [2.45, 2.75) is 44.5 Å². The molecule has 0 aromatic carbocycles. The highest BCUT2D eigenvalue weighted by Gasteiger charge is 2.33. The molecule has 100 valence electrons. The van der Waals surface area contributed by atoms with Gasteiger partial charge in [-0.1, -0.05) is 36.7 Å². The first kappa shape index (κ1) is 14.1. The van der Waals surface area contributed by atoms with Crippen molar-refractivity contribution in [3.63, 3.8) is 0 Å². The average molecular weight is 330 g/mol. The van der Waals surface area contributed by atoms with Crippen LogP contribution in [0.25, 0.3) is 0 Å². The number of thiophene rings is 1. The fraction of sp³-hybridized carbons (Fsp3) is 0.643. The van der Waals surface area contributed by atoms with Crippen LogP contribution >= 0.6 is 27.3 Å². The molecule has 2 heterocycles. The van der Waals surface area contributed by atoms with E-state index in [0.717, 1.165) is 19.4 Å². The summed E-state index contributed by atoms with van der Waals surface area (Å²) in [6.07, 6.45) is 2.00. The number of amides is 1. The SMILES string of the molecule is CCC1c2ccsc2CCN1C(=O)C(Br)C(C)C. The molecular formula is C14H20BrNOS. The number of carbonyl (C=O) groups excluding carboxylic acids is 1. The number of halogens is 1. The van der Waals surface area contributed by atoms with Crippen molar-refractivity contribution < 1.29 is 4.79 Å². The van der Waals surface area contributed by atoms with Gasteiger partial charge < -0.3 is 4.90 Å². The monoisotopic (exact) mass is 329 g/mol. The second-order valence-electron chi connectivity index (χ2n) is 5.15. The molecule has 2 rings (SSSR count). The lowest BCUT2D eigenvalue weighted by Crippen LogP contribution is -2.44. The Balaban J connectivity index is 2.22. The predicted molar refractivity (Wildman–Crippen MR) is 80.3 cm³/mol. The smallest absolute Gasteiger partial charge is 0.237 e. The second kappa shape index (κ2) is 5.74. The Morgan fingerprint density at radius 2 is 2.33 bits per heavy atom. The fourth-order valence-electron chi connectivity index (χ4n) is 2.54. The molecule has 0 fully saturated rings. The van der Waals surface area contributed by atoms with Crippen LogP contribution in [0, 0.1) is 5.92 Å². The number of rotatable bonds is 3. The molecule has 1 aliphatic rings. The molecule has 0 saturated carbocycles. The normalized spacial score (nSPS) is 20.9. The first-order valence-electron chi connectivity index (χ1n) is 6.57. The van der Waals surface area contributed by atoms with Gasteiger partial charge in [0.15, 0.2) is 0 Å². The van der Waals surface area contributed by atoms with Crippen molar-refractivity contribution in [2.75, 3.05) is 6.54 Å². The maximum atomic E-state index is 12.5. The Morgan fingerprint density at radius 3 is 2.94 bits per heavy atom. The van der Waals surface area contributed by atoms with Crippen LogP contribution in [0.5, 0.6) is 0 Å². The molecule has 0 radical (unpaired) electrons. The van der Waals surface area contributed by atoms with Gasteiger partial charge in [-0.3, -0.25) is 4.79 Å². The molecule has 2 atom stereocenters. The number of nitrogens with zero attached hydrogens (tertiary/aromatic N) is 1. The van der Waals surface area contributed by atoms with Crippen molar-refractivity contribution in [1.29, 1.82) is 0 Å². The van der Waals surface area contributed by atoms with Crippen molar-refractivity contribution in [1.82, 2.24) is 4.90 Å². The molecule has 1 amide bonds. The molecule has 18 heavy (non-hydrogen) atoms. The van der Waals surface area contributed by atoms with Crippen molar-refractivity contribution >= 4 is 33.2 Å². The van der Waals surface area contributed by atoms with Gasteiger partial charge in [0.2, 0.25) is 5.91 Å². The van der Waals surface area contributed by atoms with E-state index in [1.165, 1.54) is 10.4 Å². The summed E-state index contributed by atoms with van der Waals surface area (Å²) in [4.78, 5) is 16.0. The molecule has 0 bridgehead atoms. The summed E-state index contributed by atoms with van der Waals surface area (Å²) in [5.74, 6) is 0.576. The third-order valence-electron chi connectivity index (χ3n) is 3.59. The first-order chi connectivity index (χ1) is 8.56. The number of hydrogen-bond acceptors (Lipinski definition) is 2. The minimum absolute atomic E-state index is 0.0632. The van der Waals surface area contributed by atoms with Gasteiger partial charge in [0, 0.05) is 11.4 Å². The minimum atomic E-state index is -0.0632.